The number of amides is 1. The van der Waals surface area contributed by atoms with Gasteiger partial charge < -0.3 is 10.0 Å². The van der Waals surface area contributed by atoms with Gasteiger partial charge in [0.05, 0.1) is 16.7 Å². The molecular weight excluding hydrogens is 238 g/mol. The maximum atomic E-state index is 12.1. The van der Waals surface area contributed by atoms with E-state index < -0.39 is 6.10 Å². The first-order valence-electron chi connectivity index (χ1n) is 5.62. The molecule has 0 radical (unpaired) electrons. The fraction of sp³-hybridized carbons (Fsp3) is 0.462. The van der Waals surface area contributed by atoms with E-state index in [-0.39, 0.29) is 5.91 Å². The Morgan fingerprint density at radius 1 is 1.53 bits per heavy atom. The van der Waals surface area contributed by atoms with Crippen molar-refractivity contribution in [3.63, 3.8) is 0 Å². The number of hydrogen-bond donors (Lipinski definition) is 1. The Morgan fingerprint density at radius 2 is 2.18 bits per heavy atom. The molecule has 1 rings (SSSR count). The number of carbonyl (C=O) groups excluding carboxylic acids is 1. The first kappa shape index (κ1) is 14.0. The van der Waals surface area contributed by atoms with Gasteiger partial charge in [-0.3, -0.25) is 4.79 Å². The van der Waals surface area contributed by atoms with Crippen LogP contribution < -0.4 is 0 Å². The van der Waals surface area contributed by atoms with Crippen LogP contribution >= 0.6 is 11.6 Å². The zero-order chi connectivity index (χ0) is 13.0. The highest BCUT2D eigenvalue weighted by atomic mass is 35.5. The molecule has 0 saturated carbocycles. The lowest BCUT2D eigenvalue weighted by atomic mass is 10.1. The van der Waals surface area contributed by atoms with Gasteiger partial charge in [-0.25, -0.2) is 0 Å². The van der Waals surface area contributed by atoms with Crippen molar-refractivity contribution in [2.75, 3.05) is 13.6 Å². The molecule has 0 aliphatic rings. The van der Waals surface area contributed by atoms with E-state index in [0.29, 0.717) is 23.6 Å². The number of carbonyl (C=O) groups is 1. The van der Waals surface area contributed by atoms with Crippen LogP contribution in [0.15, 0.2) is 18.2 Å². The number of aliphatic hydroxyl groups excluding tert-OH is 1. The third-order valence-electron chi connectivity index (χ3n) is 2.65. The lowest BCUT2D eigenvalue weighted by Crippen LogP contribution is -2.29. The average Bonchev–Trinajstić information content (AvgIpc) is 2.28. The second-order valence-corrected chi connectivity index (χ2v) is 4.68. The van der Waals surface area contributed by atoms with Crippen LogP contribution in [0.5, 0.6) is 0 Å². The molecule has 3 nitrogen and oxygen atoms in total. The van der Waals surface area contributed by atoms with Gasteiger partial charge >= 0.3 is 0 Å². The van der Waals surface area contributed by atoms with Crippen molar-refractivity contribution in [2.24, 2.45) is 0 Å². The molecule has 0 fully saturated rings. The highest BCUT2D eigenvalue weighted by Gasteiger charge is 2.16. The molecule has 0 spiro atoms. The standard InChI is InChI=1S/C13H18ClNO2/c1-9-5-4-6-11(12(9)14)13(17)15(3)8-7-10(2)16/h4-6,10,16H,7-8H2,1-3H3. The Labute approximate surface area is 107 Å². The van der Waals surface area contributed by atoms with Gasteiger partial charge in [0.2, 0.25) is 0 Å². The monoisotopic (exact) mass is 255 g/mol. The van der Waals surface area contributed by atoms with E-state index in [1.54, 1.807) is 24.9 Å². The van der Waals surface area contributed by atoms with Crippen LogP contribution in [0.1, 0.15) is 29.3 Å². The van der Waals surface area contributed by atoms with E-state index in [0.717, 1.165) is 5.56 Å². The number of nitrogens with zero attached hydrogens (tertiary/aromatic N) is 1. The van der Waals surface area contributed by atoms with Crippen molar-refractivity contribution in [1.29, 1.82) is 0 Å². The van der Waals surface area contributed by atoms with Gasteiger partial charge in [0, 0.05) is 13.6 Å². The summed E-state index contributed by atoms with van der Waals surface area (Å²) in [5.74, 6) is -0.112. The molecule has 0 aromatic heterocycles. The maximum Gasteiger partial charge on any atom is 0.255 e. The van der Waals surface area contributed by atoms with Crippen LogP contribution in [0.3, 0.4) is 0 Å². The number of aliphatic hydroxyl groups is 1. The molecule has 0 aliphatic carbocycles. The van der Waals surface area contributed by atoms with E-state index in [9.17, 15) is 9.90 Å². The molecule has 1 amide bonds. The van der Waals surface area contributed by atoms with E-state index >= 15 is 0 Å². The lowest BCUT2D eigenvalue weighted by Gasteiger charge is -2.19. The van der Waals surface area contributed by atoms with Crippen LogP contribution in [-0.4, -0.2) is 35.6 Å². The molecule has 94 valence electrons. The fourth-order valence-corrected chi connectivity index (χ4v) is 1.71. The van der Waals surface area contributed by atoms with Gasteiger partial charge in [-0.2, -0.15) is 0 Å². The van der Waals surface area contributed by atoms with Crippen LogP contribution in [0.4, 0.5) is 0 Å². The first-order chi connectivity index (χ1) is 7.93. The molecule has 1 aromatic rings. The van der Waals surface area contributed by atoms with Crippen molar-refractivity contribution in [1.82, 2.24) is 4.90 Å². The quantitative estimate of drug-likeness (QED) is 0.898. The predicted molar refractivity (Wildman–Crippen MR) is 69.4 cm³/mol. The van der Waals surface area contributed by atoms with E-state index in [4.69, 9.17) is 11.6 Å². The SMILES string of the molecule is Cc1cccc(C(=O)N(C)CCC(C)O)c1Cl. The fourth-order valence-electron chi connectivity index (χ4n) is 1.50. The highest BCUT2D eigenvalue weighted by Crippen LogP contribution is 2.21. The van der Waals surface area contributed by atoms with Crippen molar-refractivity contribution in [3.8, 4) is 0 Å². The summed E-state index contributed by atoms with van der Waals surface area (Å²) in [6.07, 6.45) is 0.157. The smallest absolute Gasteiger partial charge is 0.255 e. The second-order valence-electron chi connectivity index (χ2n) is 4.30. The predicted octanol–water partition coefficient (Wildman–Crippen LogP) is 2.49. The summed E-state index contributed by atoms with van der Waals surface area (Å²) in [5.41, 5.74) is 1.40. The van der Waals surface area contributed by atoms with E-state index in [1.807, 2.05) is 19.1 Å². The van der Waals surface area contributed by atoms with E-state index in [1.165, 1.54) is 0 Å². The van der Waals surface area contributed by atoms with Gasteiger partial charge in [0.15, 0.2) is 0 Å². The highest BCUT2D eigenvalue weighted by molar-refractivity contribution is 6.34. The minimum Gasteiger partial charge on any atom is -0.393 e. The summed E-state index contributed by atoms with van der Waals surface area (Å²) in [4.78, 5) is 13.7. The number of hydrogen-bond acceptors (Lipinski definition) is 2. The van der Waals surface area contributed by atoms with Gasteiger partial charge in [-0.1, -0.05) is 23.7 Å². The van der Waals surface area contributed by atoms with Crippen molar-refractivity contribution in [2.45, 2.75) is 26.4 Å². The third-order valence-corrected chi connectivity index (χ3v) is 3.15. The molecular formula is C13H18ClNO2. The molecule has 4 heteroatoms. The normalized spacial score (nSPS) is 12.3. The van der Waals surface area contributed by atoms with Crippen molar-refractivity contribution < 1.29 is 9.90 Å². The largest absolute Gasteiger partial charge is 0.393 e. The minimum atomic E-state index is -0.404. The Kier molecular flexibility index (Phi) is 4.97. The van der Waals surface area contributed by atoms with Gasteiger partial charge in [0.25, 0.3) is 5.91 Å². The number of aryl methyl sites for hydroxylation is 1. The minimum absolute atomic E-state index is 0.112. The van der Waals surface area contributed by atoms with Crippen LogP contribution in [-0.2, 0) is 0 Å². The van der Waals surface area contributed by atoms with Crippen LogP contribution in [0, 0.1) is 6.92 Å². The summed E-state index contributed by atoms with van der Waals surface area (Å²) in [7, 11) is 1.71. The topological polar surface area (TPSA) is 40.5 Å². The third kappa shape index (κ3) is 3.72. The molecule has 1 atom stereocenters. The molecule has 0 bridgehead atoms. The van der Waals surface area contributed by atoms with E-state index in [2.05, 4.69) is 0 Å². The number of rotatable bonds is 4. The molecule has 17 heavy (non-hydrogen) atoms. The molecule has 0 saturated heterocycles. The Bertz CT molecular complexity index is 404. The Balaban J connectivity index is 2.78. The molecule has 1 unspecified atom stereocenters. The van der Waals surface area contributed by atoms with Crippen molar-refractivity contribution >= 4 is 17.5 Å². The Morgan fingerprint density at radius 3 is 2.76 bits per heavy atom. The summed E-state index contributed by atoms with van der Waals surface area (Å²) < 4.78 is 0. The maximum absolute atomic E-state index is 12.1. The summed E-state index contributed by atoms with van der Waals surface area (Å²) in [5, 5.41) is 9.69. The summed E-state index contributed by atoms with van der Waals surface area (Å²) in [6.45, 7) is 4.09. The molecule has 1 N–H and O–H groups in total. The Hall–Kier alpha value is -1.06. The summed E-state index contributed by atoms with van der Waals surface area (Å²) in [6, 6.07) is 5.41. The zero-order valence-corrected chi connectivity index (χ0v) is 11.2. The van der Waals surface area contributed by atoms with Gasteiger partial charge in [-0.15, -0.1) is 0 Å². The molecule has 1 aromatic carbocycles. The lowest BCUT2D eigenvalue weighted by molar-refractivity contribution is 0.0769. The molecule has 0 aliphatic heterocycles. The van der Waals surface area contributed by atoms with Crippen LogP contribution in [0.2, 0.25) is 5.02 Å². The molecule has 0 heterocycles. The number of halogens is 1. The van der Waals surface area contributed by atoms with Gasteiger partial charge in [0.1, 0.15) is 0 Å². The zero-order valence-electron chi connectivity index (χ0n) is 10.4. The number of benzene rings is 1. The van der Waals surface area contributed by atoms with Gasteiger partial charge in [-0.05, 0) is 31.9 Å². The average molecular weight is 256 g/mol. The second kappa shape index (κ2) is 6.03. The van der Waals surface area contributed by atoms with Crippen LogP contribution in [0.25, 0.3) is 0 Å². The van der Waals surface area contributed by atoms with Crippen molar-refractivity contribution in [3.05, 3.63) is 34.3 Å². The first-order valence-corrected chi connectivity index (χ1v) is 6.00. The summed E-state index contributed by atoms with van der Waals surface area (Å²) >= 11 is 6.10.